The van der Waals surface area contributed by atoms with Crippen LogP contribution in [0, 0.1) is 0 Å². The third-order valence-electron chi connectivity index (χ3n) is 2.84. The van der Waals surface area contributed by atoms with Crippen LogP contribution in [0.2, 0.25) is 0 Å². The summed E-state index contributed by atoms with van der Waals surface area (Å²) in [6.45, 7) is 0.151. The molecule has 1 unspecified atom stereocenters. The largest absolute Gasteiger partial charge is 0.354 e. The van der Waals surface area contributed by atoms with E-state index in [0.29, 0.717) is 12.8 Å². The zero-order valence-corrected chi connectivity index (χ0v) is 11.0. The number of rotatable bonds is 5. The molecule has 1 heterocycles. The maximum absolute atomic E-state index is 11.7. The summed E-state index contributed by atoms with van der Waals surface area (Å²) in [5, 5.41) is 1.63. The number of methoxy groups -OCH3 is 2. The molecule has 1 saturated heterocycles. The molecule has 7 heteroatoms. The van der Waals surface area contributed by atoms with Crippen molar-refractivity contribution in [3.63, 3.8) is 0 Å². The van der Waals surface area contributed by atoms with Crippen molar-refractivity contribution in [2.24, 2.45) is 0 Å². The fraction of sp³-hybridized carbons (Fsp3) is 0.900. The Morgan fingerprint density at radius 2 is 2.00 bits per heavy atom. The Kier molecular flexibility index (Phi) is 5.35. The molecule has 1 fully saturated rings. The van der Waals surface area contributed by atoms with Gasteiger partial charge in [-0.3, -0.25) is 4.79 Å². The zero-order valence-electron chi connectivity index (χ0n) is 10.1. The molecular weight excluding hydrogens is 246 g/mol. The van der Waals surface area contributed by atoms with Crippen molar-refractivity contribution in [1.29, 1.82) is 0 Å². The Hall–Kier alpha value is -0.660. The van der Waals surface area contributed by atoms with E-state index in [2.05, 4.69) is 5.32 Å². The minimum absolute atomic E-state index is 0.100. The molecule has 1 rings (SSSR count). The monoisotopic (exact) mass is 265 g/mol. The molecule has 1 aliphatic rings. The molecule has 1 aliphatic heterocycles. The first kappa shape index (κ1) is 14.4. The van der Waals surface area contributed by atoms with E-state index in [9.17, 15) is 13.2 Å². The Labute approximate surface area is 102 Å². The van der Waals surface area contributed by atoms with E-state index >= 15 is 0 Å². The minimum atomic E-state index is -3.28. The van der Waals surface area contributed by atoms with Crippen molar-refractivity contribution < 1.29 is 22.7 Å². The van der Waals surface area contributed by atoms with Crippen LogP contribution < -0.4 is 5.32 Å². The van der Waals surface area contributed by atoms with Crippen LogP contribution >= 0.6 is 0 Å². The van der Waals surface area contributed by atoms with Gasteiger partial charge in [0.15, 0.2) is 16.1 Å². The first-order chi connectivity index (χ1) is 8.01. The van der Waals surface area contributed by atoms with Gasteiger partial charge in [0.25, 0.3) is 0 Å². The van der Waals surface area contributed by atoms with Crippen molar-refractivity contribution in [3.8, 4) is 0 Å². The van der Waals surface area contributed by atoms with Crippen LogP contribution in [0.4, 0.5) is 0 Å². The second-order valence-electron chi connectivity index (χ2n) is 4.00. The van der Waals surface area contributed by atoms with Crippen molar-refractivity contribution in [1.82, 2.24) is 5.32 Å². The Balaban J connectivity index is 2.52. The van der Waals surface area contributed by atoms with Gasteiger partial charge in [0.05, 0.1) is 12.3 Å². The van der Waals surface area contributed by atoms with E-state index < -0.39 is 27.3 Å². The normalized spacial score (nSPS) is 23.6. The zero-order chi connectivity index (χ0) is 12.9. The van der Waals surface area contributed by atoms with Crippen LogP contribution in [0.1, 0.15) is 19.3 Å². The summed E-state index contributed by atoms with van der Waals surface area (Å²) < 4.78 is 33.2. The summed E-state index contributed by atoms with van der Waals surface area (Å²) in [5.74, 6) is -0.355. The van der Waals surface area contributed by atoms with Crippen molar-refractivity contribution in [2.45, 2.75) is 30.8 Å². The second-order valence-corrected chi connectivity index (χ2v) is 6.30. The second kappa shape index (κ2) is 6.32. The lowest BCUT2D eigenvalue weighted by Crippen LogP contribution is -2.45. The quantitative estimate of drug-likeness (QED) is 0.689. The highest BCUT2D eigenvalue weighted by atomic mass is 32.2. The molecule has 100 valence electrons. The highest BCUT2D eigenvalue weighted by molar-refractivity contribution is 7.92. The lowest BCUT2D eigenvalue weighted by molar-refractivity contribution is -0.127. The number of sulfone groups is 1. The molecule has 6 nitrogen and oxygen atoms in total. The molecule has 0 aromatic heterocycles. The summed E-state index contributed by atoms with van der Waals surface area (Å²) in [5.41, 5.74) is 0. The third kappa shape index (κ3) is 3.93. The van der Waals surface area contributed by atoms with Gasteiger partial charge in [0, 0.05) is 14.2 Å². The molecule has 0 bridgehead atoms. The van der Waals surface area contributed by atoms with Crippen LogP contribution in [0.25, 0.3) is 0 Å². The standard InChI is InChI=1S/C10H19NO5S/c1-15-9(16-2)7-11-10(12)8-5-3-4-6-17(8,13)14/h8-9H,3-7H2,1-2H3,(H,11,12). The van der Waals surface area contributed by atoms with E-state index in [4.69, 9.17) is 9.47 Å². The number of nitrogens with one attached hydrogen (secondary N) is 1. The number of amides is 1. The minimum Gasteiger partial charge on any atom is -0.354 e. The maximum atomic E-state index is 11.7. The molecular formula is C10H19NO5S. The maximum Gasteiger partial charge on any atom is 0.238 e. The smallest absolute Gasteiger partial charge is 0.238 e. The third-order valence-corrected chi connectivity index (χ3v) is 5.01. The number of ether oxygens (including phenoxy) is 2. The van der Waals surface area contributed by atoms with Crippen molar-refractivity contribution in [3.05, 3.63) is 0 Å². The molecule has 0 aromatic carbocycles. The number of hydrogen-bond donors (Lipinski definition) is 1. The molecule has 0 saturated carbocycles. The SMILES string of the molecule is COC(CNC(=O)C1CCCCS1(=O)=O)OC. The highest BCUT2D eigenvalue weighted by Crippen LogP contribution is 2.19. The highest BCUT2D eigenvalue weighted by Gasteiger charge is 2.34. The molecule has 17 heavy (non-hydrogen) atoms. The van der Waals surface area contributed by atoms with Gasteiger partial charge in [-0.05, 0) is 12.8 Å². The predicted molar refractivity (Wildman–Crippen MR) is 62.2 cm³/mol. The first-order valence-electron chi connectivity index (χ1n) is 5.56. The van der Waals surface area contributed by atoms with E-state index in [1.54, 1.807) is 0 Å². The summed E-state index contributed by atoms with van der Waals surface area (Å²) in [6, 6.07) is 0. The van der Waals surface area contributed by atoms with Gasteiger partial charge in [-0.1, -0.05) is 6.42 Å². The van der Waals surface area contributed by atoms with Crippen molar-refractivity contribution >= 4 is 15.7 Å². The lowest BCUT2D eigenvalue weighted by atomic mass is 10.2. The average Bonchev–Trinajstić information content (AvgIpc) is 2.29. The molecule has 1 N–H and O–H groups in total. The van der Waals surface area contributed by atoms with Crippen LogP contribution in [0.15, 0.2) is 0 Å². The van der Waals surface area contributed by atoms with Crippen LogP contribution in [-0.4, -0.2) is 52.4 Å². The molecule has 1 atom stereocenters. The van der Waals surface area contributed by atoms with Gasteiger partial charge >= 0.3 is 0 Å². The summed E-state index contributed by atoms with van der Waals surface area (Å²) >= 11 is 0. The van der Waals surface area contributed by atoms with Crippen LogP contribution in [-0.2, 0) is 24.1 Å². The Bertz CT molecular complexity index is 350. The fourth-order valence-corrected chi connectivity index (χ4v) is 3.64. The molecule has 0 spiro atoms. The van der Waals surface area contributed by atoms with E-state index in [1.807, 2.05) is 0 Å². The van der Waals surface area contributed by atoms with E-state index in [1.165, 1.54) is 14.2 Å². The van der Waals surface area contributed by atoms with Gasteiger partial charge < -0.3 is 14.8 Å². The van der Waals surface area contributed by atoms with Crippen molar-refractivity contribution in [2.75, 3.05) is 26.5 Å². The summed E-state index contributed by atoms with van der Waals surface area (Å²) in [6.07, 6.45) is 1.27. The molecule has 1 amide bonds. The van der Waals surface area contributed by atoms with E-state index in [-0.39, 0.29) is 12.3 Å². The fourth-order valence-electron chi connectivity index (χ4n) is 1.81. The lowest BCUT2D eigenvalue weighted by Gasteiger charge is -2.22. The Morgan fingerprint density at radius 1 is 1.35 bits per heavy atom. The summed E-state index contributed by atoms with van der Waals surface area (Å²) in [7, 11) is -0.366. The Morgan fingerprint density at radius 3 is 2.53 bits per heavy atom. The average molecular weight is 265 g/mol. The van der Waals surface area contributed by atoms with E-state index in [0.717, 1.165) is 6.42 Å². The summed E-state index contributed by atoms with van der Waals surface area (Å²) in [4.78, 5) is 11.7. The first-order valence-corrected chi connectivity index (χ1v) is 7.27. The van der Waals surface area contributed by atoms with Gasteiger partial charge in [0.1, 0.15) is 5.25 Å². The number of carbonyl (C=O) groups excluding carboxylic acids is 1. The molecule has 0 aromatic rings. The number of hydrogen-bond acceptors (Lipinski definition) is 5. The topological polar surface area (TPSA) is 81.7 Å². The van der Waals surface area contributed by atoms with Gasteiger partial charge in [-0.2, -0.15) is 0 Å². The van der Waals surface area contributed by atoms with Crippen LogP contribution in [0.5, 0.6) is 0 Å². The van der Waals surface area contributed by atoms with Gasteiger partial charge in [0.2, 0.25) is 5.91 Å². The van der Waals surface area contributed by atoms with Gasteiger partial charge in [-0.15, -0.1) is 0 Å². The number of carbonyl (C=O) groups is 1. The molecule has 0 aliphatic carbocycles. The predicted octanol–water partition coefficient (Wildman–Crippen LogP) is -0.311. The van der Waals surface area contributed by atoms with Crippen LogP contribution in [0.3, 0.4) is 0 Å². The molecule has 0 radical (unpaired) electrons. The van der Waals surface area contributed by atoms with Gasteiger partial charge in [-0.25, -0.2) is 8.42 Å².